The topological polar surface area (TPSA) is 95.5 Å². The van der Waals surface area contributed by atoms with Crippen molar-refractivity contribution in [3.05, 3.63) is 0 Å². The van der Waals surface area contributed by atoms with Crippen molar-refractivity contribution in [2.75, 3.05) is 13.2 Å². The van der Waals surface area contributed by atoms with Crippen molar-refractivity contribution in [3.63, 3.8) is 0 Å². The molecular formula is C27H46NNaO5S. The Hall–Kier alpha value is -0.540. The van der Waals surface area contributed by atoms with E-state index in [4.69, 9.17) is 0 Å². The van der Waals surface area contributed by atoms with Gasteiger partial charge in [0.15, 0.2) is 0 Å². The molecule has 1 N–H and O–H groups in total. The Morgan fingerprint density at radius 1 is 0.743 bits per heavy atom. The number of hydrogen-bond donors (Lipinski definition) is 1. The molecule has 0 aliphatic carbocycles. The van der Waals surface area contributed by atoms with Crippen molar-refractivity contribution < 1.29 is 51.5 Å². The van der Waals surface area contributed by atoms with Crippen molar-refractivity contribution in [3.8, 4) is 23.7 Å². The number of unbranched alkanes of at least 4 members (excludes halogenated alkanes) is 16. The molecule has 0 saturated heterocycles. The van der Waals surface area contributed by atoms with Crippen LogP contribution in [0.1, 0.15) is 129 Å². The van der Waals surface area contributed by atoms with Crippen LogP contribution in [0.2, 0.25) is 0 Å². The van der Waals surface area contributed by atoms with E-state index in [9.17, 15) is 17.8 Å². The van der Waals surface area contributed by atoms with E-state index in [-0.39, 0.29) is 48.6 Å². The summed E-state index contributed by atoms with van der Waals surface area (Å²) in [5.41, 5.74) is 0. The normalized spacial score (nSPS) is 10.5. The minimum atomic E-state index is -4.69. The fraction of sp³-hybridized carbons (Fsp3) is 0.815. The molecule has 0 aliphatic heterocycles. The predicted octanol–water partition coefficient (Wildman–Crippen LogP) is 3.02. The molecule has 0 rings (SSSR count). The van der Waals surface area contributed by atoms with Crippen LogP contribution in [0.5, 0.6) is 0 Å². The first-order valence-corrected chi connectivity index (χ1v) is 14.6. The van der Waals surface area contributed by atoms with E-state index in [1.807, 2.05) is 0 Å². The molecule has 196 valence electrons. The second-order valence-corrected chi connectivity index (χ2v) is 9.79. The van der Waals surface area contributed by atoms with Crippen LogP contribution in [0.3, 0.4) is 0 Å². The van der Waals surface area contributed by atoms with Gasteiger partial charge in [0, 0.05) is 25.8 Å². The molecule has 0 atom stereocenters. The predicted molar refractivity (Wildman–Crippen MR) is 138 cm³/mol. The van der Waals surface area contributed by atoms with Crippen LogP contribution in [-0.4, -0.2) is 32.0 Å². The zero-order valence-electron chi connectivity index (χ0n) is 22.3. The van der Waals surface area contributed by atoms with Crippen molar-refractivity contribution in [2.45, 2.75) is 129 Å². The molecule has 0 fully saturated rings. The first-order valence-electron chi connectivity index (χ1n) is 13.3. The van der Waals surface area contributed by atoms with Crippen LogP contribution in [-0.2, 0) is 19.4 Å². The molecule has 35 heavy (non-hydrogen) atoms. The summed E-state index contributed by atoms with van der Waals surface area (Å²) in [5.74, 6) is 12.1. The van der Waals surface area contributed by atoms with Gasteiger partial charge in [-0.25, -0.2) is 8.42 Å². The van der Waals surface area contributed by atoms with Crippen molar-refractivity contribution in [1.29, 1.82) is 0 Å². The van der Waals surface area contributed by atoms with E-state index >= 15 is 0 Å². The molecule has 0 saturated carbocycles. The molecule has 1 amide bonds. The van der Waals surface area contributed by atoms with Gasteiger partial charge in [-0.2, -0.15) is 0 Å². The molecule has 0 aromatic heterocycles. The average molecular weight is 520 g/mol. The number of carbonyl (C=O) groups is 1. The first kappa shape index (κ1) is 36.6. The van der Waals surface area contributed by atoms with Crippen LogP contribution < -0.4 is 34.9 Å². The molecule has 0 radical (unpaired) electrons. The van der Waals surface area contributed by atoms with Gasteiger partial charge in [-0.05, 0) is 31.1 Å². The number of carbonyl (C=O) groups excluding carboxylic acids is 1. The number of hydrogen-bond acceptors (Lipinski definition) is 5. The number of rotatable bonds is 22. The van der Waals surface area contributed by atoms with E-state index in [0.717, 1.165) is 51.4 Å². The summed E-state index contributed by atoms with van der Waals surface area (Å²) >= 11 is 0. The molecule has 0 bridgehead atoms. The Labute approximate surface area is 237 Å². The zero-order valence-corrected chi connectivity index (χ0v) is 25.1. The Bertz CT molecular complexity index is 719. The zero-order chi connectivity index (χ0) is 25.2. The van der Waals surface area contributed by atoms with E-state index in [2.05, 4.69) is 40.1 Å². The first-order chi connectivity index (χ1) is 16.5. The van der Waals surface area contributed by atoms with Gasteiger partial charge < -0.3 is 9.87 Å². The summed E-state index contributed by atoms with van der Waals surface area (Å²) in [5, 5.41) is 2.53. The monoisotopic (exact) mass is 519 g/mol. The van der Waals surface area contributed by atoms with Crippen LogP contribution in [0.4, 0.5) is 0 Å². The molecule has 6 nitrogen and oxygen atoms in total. The Kier molecular flexibility index (Phi) is 29.3. The van der Waals surface area contributed by atoms with Gasteiger partial charge in [0.2, 0.25) is 16.3 Å². The van der Waals surface area contributed by atoms with Gasteiger partial charge in [0.1, 0.15) is 0 Å². The summed E-state index contributed by atoms with van der Waals surface area (Å²) < 4.78 is 34.8. The maximum atomic E-state index is 11.6. The second kappa shape index (κ2) is 28.0. The molecule has 8 heteroatoms. The third-order valence-electron chi connectivity index (χ3n) is 5.50. The van der Waals surface area contributed by atoms with Gasteiger partial charge in [-0.3, -0.25) is 8.98 Å². The molecule has 0 aromatic rings. The summed E-state index contributed by atoms with van der Waals surface area (Å²) in [6.07, 6.45) is 21.9. The van der Waals surface area contributed by atoms with Crippen LogP contribution in [0.25, 0.3) is 0 Å². The summed E-state index contributed by atoms with van der Waals surface area (Å²) in [6, 6.07) is 0. The maximum Gasteiger partial charge on any atom is 1.00 e. The standard InChI is InChI=1S/C27H47NO5S.Na/c1-2-3-4-5-6-7-8-9-10-11-12-13-14-15-16-17-18-19-20-21-22-23-24-27(29)28-25-26-33-34(30,31)32;/h2-12,17-26H2,1H3,(H,28,29)(H,30,31,32);/q;+1/p-1. The van der Waals surface area contributed by atoms with Gasteiger partial charge in [-0.15, -0.1) is 0 Å². The smallest absolute Gasteiger partial charge is 0.726 e. The third kappa shape index (κ3) is 33.5. The molecule has 0 aliphatic rings. The van der Waals surface area contributed by atoms with Gasteiger partial charge >= 0.3 is 29.6 Å². The molecule has 0 unspecified atom stereocenters. The SMILES string of the molecule is CCCCCCCCCCCCC#CC#CCCCCCCCCC(=O)NCCOS(=O)(=O)[O-].[Na+]. The average Bonchev–Trinajstić information content (AvgIpc) is 2.79. The molecular weight excluding hydrogens is 473 g/mol. The van der Waals surface area contributed by atoms with E-state index in [1.54, 1.807) is 0 Å². The Morgan fingerprint density at radius 2 is 1.17 bits per heavy atom. The fourth-order valence-electron chi connectivity index (χ4n) is 3.54. The van der Waals surface area contributed by atoms with Crippen molar-refractivity contribution >= 4 is 16.3 Å². The molecule has 0 spiro atoms. The largest absolute Gasteiger partial charge is 1.00 e. The van der Waals surface area contributed by atoms with E-state index in [1.165, 1.54) is 64.2 Å². The van der Waals surface area contributed by atoms with Gasteiger partial charge in [-0.1, -0.05) is 102 Å². The summed E-state index contributed by atoms with van der Waals surface area (Å²) in [7, 11) is -4.69. The molecule has 0 heterocycles. The van der Waals surface area contributed by atoms with E-state index in [0.29, 0.717) is 6.42 Å². The van der Waals surface area contributed by atoms with Crippen LogP contribution in [0, 0.1) is 23.7 Å². The minimum absolute atomic E-state index is 0. The quantitative estimate of drug-likeness (QED) is 0.0780. The Morgan fingerprint density at radius 3 is 1.63 bits per heavy atom. The van der Waals surface area contributed by atoms with Gasteiger partial charge in [0.25, 0.3) is 0 Å². The fourth-order valence-corrected chi connectivity index (χ4v) is 3.83. The third-order valence-corrected chi connectivity index (χ3v) is 5.96. The Balaban J connectivity index is 0. The summed E-state index contributed by atoms with van der Waals surface area (Å²) in [6.45, 7) is 1.95. The second-order valence-electron chi connectivity index (χ2n) is 8.74. The maximum absolute atomic E-state index is 11.6. The van der Waals surface area contributed by atoms with E-state index < -0.39 is 10.4 Å². The minimum Gasteiger partial charge on any atom is -0.726 e. The molecule has 0 aromatic carbocycles. The van der Waals surface area contributed by atoms with Crippen LogP contribution >= 0.6 is 0 Å². The van der Waals surface area contributed by atoms with Gasteiger partial charge in [0.05, 0.1) is 6.61 Å². The summed E-state index contributed by atoms with van der Waals surface area (Å²) in [4.78, 5) is 11.6. The number of amides is 1. The number of nitrogens with one attached hydrogen (secondary N) is 1. The van der Waals surface area contributed by atoms with Crippen molar-refractivity contribution in [2.24, 2.45) is 0 Å². The van der Waals surface area contributed by atoms with Crippen LogP contribution in [0.15, 0.2) is 0 Å². The van der Waals surface area contributed by atoms with Crippen molar-refractivity contribution in [1.82, 2.24) is 5.32 Å².